The fourth-order valence-corrected chi connectivity index (χ4v) is 2.41. The topological polar surface area (TPSA) is 43.1 Å². The molecular formula is C11H8ClNO2S. The van der Waals surface area contributed by atoms with E-state index in [1.165, 1.54) is 18.0 Å². The monoisotopic (exact) mass is 253 g/mol. The molecule has 2 aromatic heterocycles. The molecule has 0 radical (unpaired) electrons. The molecule has 0 saturated heterocycles. The SMILES string of the molecule is Cc1occc1Sc1cncc(Cl)c1C=O. The Bertz CT molecular complexity index is 524. The predicted octanol–water partition coefficient (Wildman–Crippen LogP) is 3.60. The largest absolute Gasteiger partial charge is 0.468 e. The Kier molecular flexibility index (Phi) is 3.31. The molecule has 0 saturated carbocycles. The standard InChI is InChI=1S/C11H8ClNO2S/c1-7-10(2-3-15-7)16-11-5-13-4-9(12)8(11)6-14/h2-6H,1H3. The number of aldehydes is 1. The first-order chi connectivity index (χ1) is 7.72. The summed E-state index contributed by atoms with van der Waals surface area (Å²) in [7, 11) is 0. The fraction of sp³-hybridized carbons (Fsp3) is 0.0909. The number of hydrogen-bond acceptors (Lipinski definition) is 4. The highest BCUT2D eigenvalue weighted by Crippen LogP contribution is 2.34. The van der Waals surface area contributed by atoms with Gasteiger partial charge in [-0.2, -0.15) is 0 Å². The van der Waals surface area contributed by atoms with Crippen molar-refractivity contribution in [1.29, 1.82) is 0 Å². The molecule has 0 atom stereocenters. The maximum atomic E-state index is 10.9. The van der Waals surface area contributed by atoms with Gasteiger partial charge in [-0.25, -0.2) is 0 Å². The third kappa shape index (κ3) is 2.13. The van der Waals surface area contributed by atoms with E-state index in [1.807, 2.05) is 13.0 Å². The van der Waals surface area contributed by atoms with Crippen LogP contribution < -0.4 is 0 Å². The Morgan fingerprint density at radius 1 is 1.44 bits per heavy atom. The minimum atomic E-state index is 0.362. The molecule has 3 nitrogen and oxygen atoms in total. The van der Waals surface area contributed by atoms with Gasteiger partial charge >= 0.3 is 0 Å². The average molecular weight is 254 g/mol. The van der Waals surface area contributed by atoms with E-state index in [0.717, 1.165) is 21.8 Å². The molecule has 2 heterocycles. The van der Waals surface area contributed by atoms with E-state index in [-0.39, 0.29) is 0 Å². The second-order valence-electron chi connectivity index (χ2n) is 3.09. The van der Waals surface area contributed by atoms with Gasteiger partial charge in [-0.05, 0) is 13.0 Å². The first-order valence-electron chi connectivity index (χ1n) is 4.53. The fourth-order valence-electron chi connectivity index (χ4n) is 1.22. The summed E-state index contributed by atoms with van der Waals surface area (Å²) in [5.74, 6) is 0.807. The molecular weight excluding hydrogens is 246 g/mol. The molecule has 0 fully saturated rings. The highest BCUT2D eigenvalue weighted by Gasteiger charge is 2.10. The summed E-state index contributed by atoms with van der Waals surface area (Å²) in [4.78, 5) is 16.6. The minimum Gasteiger partial charge on any atom is -0.468 e. The number of aryl methyl sites for hydroxylation is 1. The van der Waals surface area contributed by atoms with Crippen LogP contribution in [-0.2, 0) is 0 Å². The van der Waals surface area contributed by atoms with Gasteiger partial charge in [0.25, 0.3) is 0 Å². The Hall–Kier alpha value is -1.26. The maximum Gasteiger partial charge on any atom is 0.152 e. The van der Waals surface area contributed by atoms with Gasteiger partial charge < -0.3 is 4.42 Å². The van der Waals surface area contributed by atoms with Crippen LogP contribution in [0.4, 0.5) is 0 Å². The van der Waals surface area contributed by atoms with Crippen molar-refractivity contribution < 1.29 is 9.21 Å². The molecule has 0 aliphatic carbocycles. The molecule has 0 amide bonds. The molecule has 0 bridgehead atoms. The molecule has 0 aromatic carbocycles. The van der Waals surface area contributed by atoms with Gasteiger partial charge in [0.15, 0.2) is 6.29 Å². The normalized spacial score (nSPS) is 10.4. The number of carbonyl (C=O) groups is 1. The molecule has 0 aliphatic heterocycles. The molecule has 82 valence electrons. The number of halogens is 1. The van der Waals surface area contributed by atoms with Crippen LogP contribution in [-0.4, -0.2) is 11.3 Å². The Labute approximate surface area is 102 Å². The van der Waals surface area contributed by atoms with Gasteiger partial charge in [0.2, 0.25) is 0 Å². The number of nitrogens with zero attached hydrogens (tertiary/aromatic N) is 1. The van der Waals surface area contributed by atoms with Crippen molar-refractivity contribution in [1.82, 2.24) is 4.98 Å². The lowest BCUT2D eigenvalue weighted by Crippen LogP contribution is -1.88. The summed E-state index contributed by atoms with van der Waals surface area (Å²) >= 11 is 7.29. The van der Waals surface area contributed by atoms with Gasteiger partial charge in [0.1, 0.15) is 5.76 Å². The van der Waals surface area contributed by atoms with Gasteiger partial charge in [0.05, 0.1) is 16.2 Å². The lowest BCUT2D eigenvalue weighted by atomic mass is 10.3. The smallest absolute Gasteiger partial charge is 0.152 e. The molecule has 0 aliphatic rings. The van der Waals surface area contributed by atoms with Crippen molar-refractivity contribution in [3.05, 3.63) is 41.1 Å². The number of rotatable bonds is 3. The van der Waals surface area contributed by atoms with E-state index in [1.54, 1.807) is 12.5 Å². The van der Waals surface area contributed by atoms with Crippen molar-refractivity contribution in [3.63, 3.8) is 0 Å². The molecule has 0 spiro atoms. The Balaban J connectivity index is 2.38. The van der Waals surface area contributed by atoms with Gasteiger partial charge in [0, 0.05) is 22.9 Å². The number of furan rings is 1. The second-order valence-corrected chi connectivity index (χ2v) is 4.59. The molecule has 0 unspecified atom stereocenters. The van der Waals surface area contributed by atoms with E-state index >= 15 is 0 Å². The summed E-state index contributed by atoms with van der Waals surface area (Å²) in [6.45, 7) is 1.86. The number of carbonyl (C=O) groups excluding carboxylic acids is 1. The summed E-state index contributed by atoms with van der Waals surface area (Å²) in [6, 6.07) is 1.84. The van der Waals surface area contributed by atoms with E-state index in [9.17, 15) is 4.79 Å². The van der Waals surface area contributed by atoms with Crippen LogP contribution in [0.15, 0.2) is 38.9 Å². The zero-order valence-corrected chi connectivity index (χ0v) is 10.0. The van der Waals surface area contributed by atoms with Crippen LogP contribution in [0.2, 0.25) is 5.02 Å². The van der Waals surface area contributed by atoms with Crippen molar-refractivity contribution >= 4 is 29.6 Å². The van der Waals surface area contributed by atoms with Crippen LogP contribution in [0.25, 0.3) is 0 Å². The Morgan fingerprint density at radius 2 is 2.25 bits per heavy atom. The predicted molar refractivity (Wildman–Crippen MR) is 62.2 cm³/mol. The van der Waals surface area contributed by atoms with Crippen LogP contribution >= 0.6 is 23.4 Å². The molecule has 5 heteroatoms. The van der Waals surface area contributed by atoms with Crippen molar-refractivity contribution in [2.75, 3.05) is 0 Å². The third-order valence-electron chi connectivity index (χ3n) is 2.05. The van der Waals surface area contributed by atoms with Crippen LogP contribution in [0.1, 0.15) is 16.1 Å². The summed E-state index contributed by atoms with van der Waals surface area (Å²) in [6.07, 6.45) is 5.42. The van der Waals surface area contributed by atoms with Gasteiger partial charge in [-0.3, -0.25) is 9.78 Å². The highest BCUT2D eigenvalue weighted by atomic mass is 35.5. The van der Waals surface area contributed by atoms with Crippen LogP contribution in [0, 0.1) is 6.92 Å². The van der Waals surface area contributed by atoms with Gasteiger partial charge in [-0.1, -0.05) is 23.4 Å². The summed E-state index contributed by atoms with van der Waals surface area (Å²) < 4.78 is 5.18. The molecule has 0 N–H and O–H groups in total. The van der Waals surface area contributed by atoms with Crippen molar-refractivity contribution in [2.45, 2.75) is 16.7 Å². The molecule has 2 aromatic rings. The molecule has 16 heavy (non-hydrogen) atoms. The zero-order chi connectivity index (χ0) is 11.5. The van der Waals surface area contributed by atoms with Crippen LogP contribution in [0.3, 0.4) is 0 Å². The first kappa shape index (κ1) is 11.2. The first-order valence-corrected chi connectivity index (χ1v) is 5.72. The van der Waals surface area contributed by atoms with Crippen molar-refractivity contribution in [2.24, 2.45) is 0 Å². The number of hydrogen-bond donors (Lipinski definition) is 0. The van der Waals surface area contributed by atoms with Crippen molar-refractivity contribution in [3.8, 4) is 0 Å². The zero-order valence-electron chi connectivity index (χ0n) is 8.44. The Morgan fingerprint density at radius 3 is 2.88 bits per heavy atom. The van der Waals surface area contributed by atoms with E-state index in [2.05, 4.69) is 4.98 Å². The molecule has 2 rings (SSSR count). The van der Waals surface area contributed by atoms with E-state index in [0.29, 0.717) is 10.6 Å². The second kappa shape index (κ2) is 4.72. The maximum absolute atomic E-state index is 10.9. The average Bonchev–Trinajstić information content (AvgIpc) is 2.65. The summed E-state index contributed by atoms with van der Waals surface area (Å²) in [5, 5.41) is 0.362. The lowest BCUT2D eigenvalue weighted by Gasteiger charge is -2.03. The van der Waals surface area contributed by atoms with Crippen LogP contribution in [0.5, 0.6) is 0 Å². The quantitative estimate of drug-likeness (QED) is 0.784. The number of pyridine rings is 1. The van der Waals surface area contributed by atoms with E-state index < -0.39 is 0 Å². The van der Waals surface area contributed by atoms with E-state index in [4.69, 9.17) is 16.0 Å². The minimum absolute atomic E-state index is 0.362. The lowest BCUT2D eigenvalue weighted by molar-refractivity contribution is 0.112. The number of aromatic nitrogens is 1. The van der Waals surface area contributed by atoms with Gasteiger partial charge in [-0.15, -0.1) is 0 Å². The third-order valence-corrected chi connectivity index (χ3v) is 3.54. The highest BCUT2D eigenvalue weighted by molar-refractivity contribution is 7.99. The summed E-state index contributed by atoms with van der Waals surface area (Å²) in [5.41, 5.74) is 0.460.